The van der Waals surface area contributed by atoms with Gasteiger partial charge in [0.1, 0.15) is 0 Å². The fraction of sp³-hybridized carbons (Fsp3) is 0.111. The first kappa shape index (κ1) is 17.0. The second kappa shape index (κ2) is 6.57. The zero-order valence-electron chi connectivity index (χ0n) is 13.0. The van der Waals surface area contributed by atoms with Crippen LogP contribution >= 0.6 is 34.2 Å². The van der Waals surface area contributed by atoms with Crippen molar-refractivity contribution in [3.63, 3.8) is 0 Å². The molecule has 0 aliphatic carbocycles. The molecule has 2 aromatic carbocycles. The molecule has 24 heavy (non-hydrogen) atoms. The number of benzene rings is 2. The average Bonchev–Trinajstić information content (AvgIpc) is 2.53. The molecule has 0 aliphatic heterocycles. The minimum atomic E-state index is -0.980. The largest absolute Gasteiger partial charge is 0.478 e. The van der Waals surface area contributed by atoms with Crippen LogP contribution in [0.4, 0.5) is 5.69 Å². The molecular formula is C18H14ClIN2O2. The minimum Gasteiger partial charge on any atom is -0.478 e. The number of carboxylic acid groups (broad SMARTS) is 1. The molecule has 0 bridgehead atoms. The zero-order valence-corrected chi connectivity index (χ0v) is 16.0. The van der Waals surface area contributed by atoms with Crippen LogP contribution in [0.3, 0.4) is 0 Å². The first-order valence-corrected chi connectivity index (χ1v) is 8.63. The molecular weight excluding hydrogens is 439 g/mol. The zero-order chi connectivity index (χ0) is 17.4. The molecule has 1 aromatic heterocycles. The first-order chi connectivity index (χ1) is 11.4. The van der Waals surface area contributed by atoms with E-state index < -0.39 is 5.97 Å². The summed E-state index contributed by atoms with van der Waals surface area (Å²) in [5, 5.41) is 10.7. The van der Waals surface area contributed by atoms with E-state index in [1.54, 1.807) is 6.07 Å². The van der Waals surface area contributed by atoms with Gasteiger partial charge in [0.2, 0.25) is 0 Å². The van der Waals surface area contributed by atoms with Crippen LogP contribution in [0.15, 0.2) is 42.5 Å². The molecule has 0 amide bonds. The smallest absolute Gasteiger partial charge is 0.336 e. The van der Waals surface area contributed by atoms with E-state index in [0.29, 0.717) is 27.2 Å². The summed E-state index contributed by atoms with van der Waals surface area (Å²) >= 11 is 8.56. The summed E-state index contributed by atoms with van der Waals surface area (Å²) < 4.78 is 0.963. The van der Waals surface area contributed by atoms with Crippen molar-refractivity contribution in [3.8, 4) is 11.3 Å². The maximum atomic E-state index is 11.7. The molecule has 3 rings (SSSR count). The Hall–Kier alpha value is -1.86. The Balaban J connectivity index is 2.24. The number of carbonyl (C=O) groups is 1. The van der Waals surface area contributed by atoms with Crippen molar-refractivity contribution in [1.29, 1.82) is 0 Å². The van der Waals surface area contributed by atoms with Crippen LogP contribution in [-0.2, 0) is 0 Å². The summed E-state index contributed by atoms with van der Waals surface area (Å²) in [6, 6.07) is 12.8. The fourth-order valence-corrected chi connectivity index (χ4v) is 3.27. The van der Waals surface area contributed by atoms with Crippen molar-refractivity contribution >= 4 is 56.8 Å². The molecule has 0 aliphatic rings. The third-order valence-electron chi connectivity index (χ3n) is 3.75. The summed E-state index contributed by atoms with van der Waals surface area (Å²) in [6.45, 7) is 0. The number of halogens is 2. The van der Waals surface area contributed by atoms with Gasteiger partial charge in [0.05, 0.1) is 21.8 Å². The number of anilines is 1. The number of rotatable bonds is 3. The van der Waals surface area contributed by atoms with Gasteiger partial charge in [-0.05, 0) is 65.1 Å². The molecule has 0 saturated heterocycles. The van der Waals surface area contributed by atoms with Gasteiger partial charge in [-0.1, -0.05) is 11.6 Å². The molecule has 4 nitrogen and oxygen atoms in total. The highest BCUT2D eigenvalue weighted by Crippen LogP contribution is 2.32. The molecule has 6 heteroatoms. The number of pyridine rings is 1. The van der Waals surface area contributed by atoms with E-state index in [0.717, 1.165) is 9.26 Å². The molecule has 0 radical (unpaired) electrons. The van der Waals surface area contributed by atoms with Gasteiger partial charge in [-0.2, -0.15) is 0 Å². The van der Waals surface area contributed by atoms with Crippen LogP contribution in [0.2, 0.25) is 5.02 Å². The predicted octanol–water partition coefficient (Wildman–Crippen LogP) is 4.92. The maximum Gasteiger partial charge on any atom is 0.336 e. The number of hydrogen-bond acceptors (Lipinski definition) is 3. The van der Waals surface area contributed by atoms with E-state index in [2.05, 4.69) is 27.6 Å². The van der Waals surface area contributed by atoms with Crippen LogP contribution in [0.5, 0.6) is 0 Å². The van der Waals surface area contributed by atoms with Crippen molar-refractivity contribution in [2.45, 2.75) is 0 Å². The summed E-state index contributed by atoms with van der Waals surface area (Å²) in [5.41, 5.74) is 3.10. The molecule has 0 saturated carbocycles. The second-order valence-electron chi connectivity index (χ2n) is 5.58. The second-order valence-corrected chi connectivity index (χ2v) is 7.23. The van der Waals surface area contributed by atoms with Gasteiger partial charge in [0.25, 0.3) is 0 Å². The van der Waals surface area contributed by atoms with Crippen molar-refractivity contribution in [1.82, 2.24) is 4.98 Å². The molecule has 0 fully saturated rings. The number of nitrogens with zero attached hydrogens (tertiary/aromatic N) is 2. The minimum absolute atomic E-state index is 0.223. The van der Waals surface area contributed by atoms with E-state index in [4.69, 9.17) is 11.6 Å². The van der Waals surface area contributed by atoms with E-state index >= 15 is 0 Å². The SMILES string of the molecule is CN(C)c1ccc(-c2cc(C(=O)O)c3cc(I)ccc3n2)c(Cl)c1. The quantitative estimate of drug-likeness (QED) is 0.573. The average molecular weight is 453 g/mol. The predicted molar refractivity (Wildman–Crippen MR) is 106 cm³/mol. The highest BCUT2D eigenvalue weighted by molar-refractivity contribution is 14.1. The van der Waals surface area contributed by atoms with Gasteiger partial charge >= 0.3 is 5.97 Å². The number of aromatic nitrogens is 1. The van der Waals surface area contributed by atoms with Gasteiger partial charge in [-0.3, -0.25) is 0 Å². The first-order valence-electron chi connectivity index (χ1n) is 7.17. The van der Waals surface area contributed by atoms with Crippen LogP contribution < -0.4 is 4.90 Å². The molecule has 0 spiro atoms. The lowest BCUT2D eigenvalue weighted by atomic mass is 10.0. The lowest BCUT2D eigenvalue weighted by Gasteiger charge is -2.14. The Bertz CT molecular complexity index is 957. The standard InChI is InChI=1S/C18H14ClIN2O2/c1-22(2)11-4-5-12(15(19)8-11)17-9-14(18(23)24)13-7-10(20)3-6-16(13)21-17/h3-9H,1-2H3,(H,23,24). The van der Waals surface area contributed by atoms with E-state index in [1.807, 2.05) is 55.4 Å². The highest BCUT2D eigenvalue weighted by atomic mass is 127. The van der Waals surface area contributed by atoms with Crippen molar-refractivity contribution in [2.75, 3.05) is 19.0 Å². The summed E-state index contributed by atoms with van der Waals surface area (Å²) in [7, 11) is 3.87. The summed E-state index contributed by atoms with van der Waals surface area (Å²) in [5.74, 6) is -0.980. The van der Waals surface area contributed by atoms with Crippen molar-refractivity contribution < 1.29 is 9.90 Å². The van der Waals surface area contributed by atoms with Gasteiger partial charge in [0, 0.05) is 34.3 Å². The van der Waals surface area contributed by atoms with Crippen LogP contribution in [0, 0.1) is 3.57 Å². The molecule has 1 N–H and O–H groups in total. The van der Waals surface area contributed by atoms with Gasteiger partial charge in [-0.25, -0.2) is 9.78 Å². The number of fused-ring (bicyclic) bond motifs is 1. The number of carboxylic acids is 1. The molecule has 122 valence electrons. The fourth-order valence-electron chi connectivity index (χ4n) is 2.50. The normalized spacial score (nSPS) is 10.8. The van der Waals surface area contributed by atoms with Crippen molar-refractivity contribution in [2.24, 2.45) is 0 Å². The Morgan fingerprint density at radius 3 is 2.54 bits per heavy atom. The maximum absolute atomic E-state index is 11.7. The summed E-state index contributed by atoms with van der Waals surface area (Å²) in [4.78, 5) is 18.2. The number of aromatic carboxylic acids is 1. The molecule has 0 atom stereocenters. The Morgan fingerprint density at radius 1 is 1.17 bits per heavy atom. The lowest BCUT2D eigenvalue weighted by Crippen LogP contribution is -2.08. The number of hydrogen-bond donors (Lipinski definition) is 1. The van der Waals surface area contributed by atoms with Crippen LogP contribution in [0.1, 0.15) is 10.4 Å². The lowest BCUT2D eigenvalue weighted by molar-refractivity contribution is 0.0699. The van der Waals surface area contributed by atoms with Crippen LogP contribution in [-0.4, -0.2) is 30.2 Å². The monoisotopic (exact) mass is 452 g/mol. The van der Waals surface area contributed by atoms with Gasteiger partial charge < -0.3 is 10.0 Å². The van der Waals surface area contributed by atoms with E-state index in [9.17, 15) is 9.90 Å². The van der Waals surface area contributed by atoms with Crippen LogP contribution in [0.25, 0.3) is 22.2 Å². The highest BCUT2D eigenvalue weighted by Gasteiger charge is 2.15. The molecule has 1 heterocycles. The summed E-state index contributed by atoms with van der Waals surface area (Å²) in [6.07, 6.45) is 0. The van der Waals surface area contributed by atoms with Crippen molar-refractivity contribution in [3.05, 3.63) is 56.6 Å². The topological polar surface area (TPSA) is 53.4 Å². The Kier molecular flexibility index (Phi) is 4.64. The Morgan fingerprint density at radius 2 is 1.92 bits per heavy atom. The molecule has 3 aromatic rings. The van der Waals surface area contributed by atoms with E-state index in [-0.39, 0.29) is 5.56 Å². The third kappa shape index (κ3) is 3.18. The van der Waals surface area contributed by atoms with Gasteiger partial charge in [-0.15, -0.1) is 0 Å². The molecule has 0 unspecified atom stereocenters. The third-order valence-corrected chi connectivity index (χ3v) is 4.73. The Labute approximate surface area is 158 Å². The van der Waals surface area contributed by atoms with Gasteiger partial charge in [0.15, 0.2) is 0 Å². The van der Waals surface area contributed by atoms with E-state index in [1.165, 1.54) is 0 Å².